The van der Waals surface area contributed by atoms with Crippen LogP contribution in [0.3, 0.4) is 0 Å². The summed E-state index contributed by atoms with van der Waals surface area (Å²) in [5.74, 6) is 0.225. The maximum Gasteiger partial charge on any atom is 0.227 e. The van der Waals surface area contributed by atoms with E-state index in [1.54, 1.807) is 6.07 Å². The van der Waals surface area contributed by atoms with Gasteiger partial charge in [0.05, 0.1) is 10.0 Å². The lowest BCUT2D eigenvalue weighted by atomic mass is 9.91. The molecule has 23 heavy (non-hydrogen) atoms. The van der Waals surface area contributed by atoms with Crippen LogP contribution in [0.1, 0.15) is 23.6 Å². The molecule has 3 rings (SSSR count). The number of fused-ring (bicyclic) bond motifs is 1. The molecule has 0 aliphatic carbocycles. The lowest BCUT2D eigenvalue weighted by molar-refractivity contribution is -0.117. The first kappa shape index (κ1) is 16.2. The number of pyridine rings is 1. The molecule has 0 spiro atoms. The highest BCUT2D eigenvalue weighted by Gasteiger charge is 2.26. The van der Waals surface area contributed by atoms with Crippen molar-refractivity contribution in [3.05, 3.63) is 57.7 Å². The first-order valence-electron chi connectivity index (χ1n) is 7.43. The molecule has 1 atom stereocenters. The molecule has 0 unspecified atom stereocenters. The van der Waals surface area contributed by atoms with E-state index in [-0.39, 0.29) is 11.9 Å². The van der Waals surface area contributed by atoms with E-state index in [0.717, 1.165) is 13.0 Å². The molecule has 1 N–H and O–H groups in total. The molecular formula is C17H17Cl2N3O. The van der Waals surface area contributed by atoms with Gasteiger partial charge in [-0.2, -0.15) is 0 Å². The minimum absolute atomic E-state index is 0.0611. The molecule has 1 aliphatic rings. The molecular weight excluding hydrogens is 333 g/mol. The van der Waals surface area contributed by atoms with Crippen molar-refractivity contribution < 1.29 is 4.79 Å². The van der Waals surface area contributed by atoms with Crippen molar-refractivity contribution in [1.82, 2.24) is 9.88 Å². The average Bonchev–Trinajstić information content (AvgIpc) is 2.53. The standard InChI is InChI=1S/C17H17Cl2N3O/c1-22-7-6-11-4-2-3-5-13(11)15(22)9-16(23)21-17-14(19)8-12(18)10-20-17/h2-5,8,10,15H,6-7,9H2,1H3,(H,20,21,23)/t15-/m0/s1. The Morgan fingerprint density at radius 1 is 1.39 bits per heavy atom. The molecule has 1 aliphatic heterocycles. The Labute approximate surface area is 145 Å². The number of nitrogens with zero attached hydrogens (tertiary/aromatic N) is 2. The SMILES string of the molecule is CN1CCc2ccccc2[C@@H]1CC(=O)Nc1ncc(Cl)cc1Cl. The second kappa shape index (κ2) is 6.87. The quantitative estimate of drug-likeness (QED) is 0.912. The van der Waals surface area contributed by atoms with Gasteiger partial charge in [-0.25, -0.2) is 4.98 Å². The van der Waals surface area contributed by atoms with Crippen molar-refractivity contribution in [2.24, 2.45) is 0 Å². The number of amides is 1. The number of benzene rings is 1. The van der Waals surface area contributed by atoms with Crippen molar-refractivity contribution in [2.45, 2.75) is 18.9 Å². The molecule has 0 bridgehead atoms. The number of rotatable bonds is 3. The Kier molecular flexibility index (Phi) is 4.85. The topological polar surface area (TPSA) is 45.2 Å². The largest absolute Gasteiger partial charge is 0.309 e. The molecule has 4 nitrogen and oxygen atoms in total. The van der Waals surface area contributed by atoms with Gasteiger partial charge in [0.25, 0.3) is 0 Å². The number of nitrogens with one attached hydrogen (secondary N) is 1. The predicted octanol–water partition coefficient (Wildman–Crippen LogP) is 3.95. The van der Waals surface area contributed by atoms with Crippen LogP contribution in [0.5, 0.6) is 0 Å². The lowest BCUT2D eigenvalue weighted by Crippen LogP contribution is -2.34. The fraction of sp³-hybridized carbons (Fsp3) is 0.294. The second-order valence-electron chi connectivity index (χ2n) is 5.68. The van der Waals surface area contributed by atoms with E-state index in [1.807, 2.05) is 19.2 Å². The van der Waals surface area contributed by atoms with Crippen molar-refractivity contribution in [1.29, 1.82) is 0 Å². The van der Waals surface area contributed by atoms with Gasteiger partial charge in [0.2, 0.25) is 5.91 Å². The number of aromatic nitrogens is 1. The summed E-state index contributed by atoms with van der Waals surface area (Å²) in [6.45, 7) is 0.939. The summed E-state index contributed by atoms with van der Waals surface area (Å²) in [4.78, 5) is 18.7. The van der Waals surface area contributed by atoms with Gasteiger partial charge in [-0.15, -0.1) is 0 Å². The summed E-state index contributed by atoms with van der Waals surface area (Å²) in [6, 6.07) is 9.90. The van der Waals surface area contributed by atoms with Crippen molar-refractivity contribution in [3.63, 3.8) is 0 Å². The summed E-state index contributed by atoms with van der Waals surface area (Å²) in [5, 5.41) is 3.54. The van der Waals surface area contributed by atoms with Gasteiger partial charge < -0.3 is 5.32 Å². The molecule has 1 aromatic carbocycles. The van der Waals surface area contributed by atoms with Gasteiger partial charge in [0.1, 0.15) is 0 Å². The first-order valence-corrected chi connectivity index (χ1v) is 8.19. The lowest BCUT2D eigenvalue weighted by Gasteiger charge is -2.34. The van der Waals surface area contributed by atoms with Crippen LogP contribution in [0.4, 0.5) is 5.82 Å². The smallest absolute Gasteiger partial charge is 0.227 e. The maximum absolute atomic E-state index is 12.4. The van der Waals surface area contributed by atoms with Crippen LogP contribution in [0.15, 0.2) is 36.5 Å². The Balaban J connectivity index is 1.75. The van der Waals surface area contributed by atoms with E-state index in [2.05, 4.69) is 27.3 Å². The minimum Gasteiger partial charge on any atom is -0.309 e. The number of carbonyl (C=O) groups is 1. The molecule has 0 fully saturated rings. The van der Waals surface area contributed by atoms with Crippen LogP contribution in [0, 0.1) is 0 Å². The van der Waals surface area contributed by atoms with E-state index < -0.39 is 0 Å². The van der Waals surface area contributed by atoms with E-state index in [4.69, 9.17) is 23.2 Å². The average molecular weight is 350 g/mol. The molecule has 0 saturated carbocycles. The van der Waals surface area contributed by atoms with Crippen molar-refractivity contribution in [3.8, 4) is 0 Å². The van der Waals surface area contributed by atoms with Crippen LogP contribution in [0.2, 0.25) is 10.0 Å². The molecule has 1 amide bonds. The van der Waals surface area contributed by atoms with Crippen molar-refractivity contribution >= 4 is 34.9 Å². The third kappa shape index (κ3) is 3.66. The zero-order chi connectivity index (χ0) is 16.4. The summed E-state index contributed by atoms with van der Waals surface area (Å²) in [7, 11) is 2.04. The third-order valence-corrected chi connectivity index (χ3v) is 4.62. The molecule has 0 radical (unpaired) electrons. The van der Waals surface area contributed by atoms with Gasteiger partial charge in [-0.3, -0.25) is 9.69 Å². The first-order chi connectivity index (χ1) is 11.0. The summed E-state index contributed by atoms with van der Waals surface area (Å²) in [6.07, 6.45) is 2.83. The molecule has 1 aromatic heterocycles. The molecule has 6 heteroatoms. The number of carbonyl (C=O) groups excluding carboxylic acids is 1. The van der Waals surface area contributed by atoms with Gasteiger partial charge in [-0.05, 0) is 30.7 Å². The molecule has 0 saturated heterocycles. The van der Waals surface area contributed by atoms with Crippen LogP contribution in [-0.4, -0.2) is 29.4 Å². The van der Waals surface area contributed by atoms with Gasteiger partial charge >= 0.3 is 0 Å². The van der Waals surface area contributed by atoms with E-state index in [9.17, 15) is 4.79 Å². The summed E-state index contributed by atoms with van der Waals surface area (Å²) < 4.78 is 0. The maximum atomic E-state index is 12.4. The molecule has 2 aromatic rings. The van der Waals surface area contributed by atoms with Crippen LogP contribution >= 0.6 is 23.2 Å². The van der Waals surface area contributed by atoms with Gasteiger partial charge in [0.15, 0.2) is 5.82 Å². The number of halogens is 2. The monoisotopic (exact) mass is 349 g/mol. The Hall–Kier alpha value is -1.62. The zero-order valence-corrected chi connectivity index (χ0v) is 14.2. The van der Waals surface area contributed by atoms with E-state index in [1.165, 1.54) is 17.3 Å². The minimum atomic E-state index is -0.115. The van der Waals surface area contributed by atoms with E-state index >= 15 is 0 Å². The van der Waals surface area contributed by atoms with Crippen molar-refractivity contribution in [2.75, 3.05) is 18.9 Å². The zero-order valence-electron chi connectivity index (χ0n) is 12.7. The van der Waals surface area contributed by atoms with E-state index in [0.29, 0.717) is 22.3 Å². The summed E-state index contributed by atoms with van der Waals surface area (Å²) in [5.41, 5.74) is 2.53. The van der Waals surface area contributed by atoms with Gasteiger partial charge in [0, 0.05) is 25.2 Å². The summed E-state index contributed by atoms with van der Waals surface area (Å²) >= 11 is 11.9. The van der Waals surface area contributed by atoms with Crippen LogP contribution in [0.25, 0.3) is 0 Å². The fourth-order valence-corrected chi connectivity index (χ4v) is 3.34. The third-order valence-electron chi connectivity index (χ3n) is 4.12. The van der Waals surface area contributed by atoms with Crippen LogP contribution in [-0.2, 0) is 11.2 Å². The second-order valence-corrected chi connectivity index (χ2v) is 6.53. The Bertz CT molecular complexity index is 736. The number of hydrogen-bond donors (Lipinski definition) is 1. The molecule has 120 valence electrons. The molecule has 2 heterocycles. The van der Waals surface area contributed by atoms with Gasteiger partial charge in [-0.1, -0.05) is 47.5 Å². The highest BCUT2D eigenvalue weighted by Crippen LogP contribution is 2.31. The highest BCUT2D eigenvalue weighted by molar-refractivity contribution is 6.36. The highest BCUT2D eigenvalue weighted by atomic mass is 35.5. The Morgan fingerprint density at radius 2 is 2.17 bits per heavy atom. The normalized spacial score (nSPS) is 17.6. The number of likely N-dealkylation sites (N-methyl/N-ethyl adjacent to an activating group) is 1. The number of hydrogen-bond acceptors (Lipinski definition) is 3. The van der Waals surface area contributed by atoms with Crippen LogP contribution < -0.4 is 5.32 Å². The Morgan fingerprint density at radius 3 is 2.96 bits per heavy atom. The predicted molar refractivity (Wildman–Crippen MR) is 93.0 cm³/mol. The fourth-order valence-electron chi connectivity index (χ4n) is 2.91. The number of anilines is 1.